The Labute approximate surface area is 221 Å². The van der Waals surface area contributed by atoms with Crippen molar-refractivity contribution in [3.05, 3.63) is 47.4 Å². The zero-order valence-corrected chi connectivity index (χ0v) is 22.3. The lowest BCUT2D eigenvalue weighted by molar-refractivity contribution is -0.137. The van der Waals surface area contributed by atoms with Gasteiger partial charge in [0.2, 0.25) is 5.91 Å². The van der Waals surface area contributed by atoms with E-state index in [4.69, 9.17) is 5.41 Å². The first-order valence-electron chi connectivity index (χ1n) is 13.1. The molecule has 206 valence electrons. The molecule has 1 amide bonds. The van der Waals surface area contributed by atoms with Gasteiger partial charge in [-0.3, -0.25) is 9.59 Å². The van der Waals surface area contributed by atoms with Gasteiger partial charge in [0.1, 0.15) is 5.82 Å². The number of aromatic nitrogens is 2. The maximum Gasteiger partial charge on any atom is 0.416 e. The smallest absolute Gasteiger partial charge is 0.344 e. The second kappa shape index (κ2) is 12.6. The van der Waals surface area contributed by atoms with Gasteiger partial charge in [-0.05, 0) is 64.3 Å². The Bertz CT molecular complexity index is 1160. The lowest BCUT2D eigenvalue weighted by Crippen LogP contribution is -2.53. The van der Waals surface area contributed by atoms with Crippen LogP contribution in [0.3, 0.4) is 0 Å². The van der Waals surface area contributed by atoms with Gasteiger partial charge >= 0.3 is 6.18 Å². The molecule has 1 aliphatic rings. The largest absolute Gasteiger partial charge is 0.416 e. The number of hydrogen-bond acceptors (Lipinski definition) is 6. The van der Waals surface area contributed by atoms with Gasteiger partial charge in [-0.25, -0.2) is 9.97 Å². The number of carbonyl (C=O) groups excluding carboxylic acids is 2. The van der Waals surface area contributed by atoms with Gasteiger partial charge in [0, 0.05) is 11.5 Å². The number of hydrogen-bond donors (Lipinski definition) is 3. The van der Waals surface area contributed by atoms with E-state index >= 15 is 0 Å². The minimum atomic E-state index is -4.50. The average Bonchev–Trinajstić information content (AvgIpc) is 2.90. The number of benzene rings is 1. The van der Waals surface area contributed by atoms with Crippen LogP contribution >= 0.6 is 0 Å². The monoisotopic (exact) mass is 531 g/mol. The lowest BCUT2D eigenvalue weighted by atomic mass is 9.79. The summed E-state index contributed by atoms with van der Waals surface area (Å²) in [4.78, 5) is 35.2. The minimum absolute atomic E-state index is 0.0603. The molecule has 0 spiro atoms. The summed E-state index contributed by atoms with van der Waals surface area (Å²) in [5, 5.41) is 14.6. The second-order valence-electron chi connectivity index (χ2n) is 9.94. The first-order valence-corrected chi connectivity index (χ1v) is 13.1. The molecule has 0 saturated heterocycles. The van der Waals surface area contributed by atoms with Crippen molar-refractivity contribution in [3.63, 3.8) is 0 Å². The number of carbonyl (C=O) groups is 2. The maximum absolute atomic E-state index is 13.7. The molecule has 10 heteroatoms. The lowest BCUT2D eigenvalue weighted by Gasteiger charge is -2.31. The third kappa shape index (κ3) is 7.03. The fourth-order valence-electron chi connectivity index (χ4n) is 4.95. The number of alkyl halides is 3. The minimum Gasteiger partial charge on any atom is -0.344 e. The Kier molecular flexibility index (Phi) is 9.76. The predicted molar refractivity (Wildman–Crippen MR) is 140 cm³/mol. The number of nitrogens with one attached hydrogen (secondary N) is 3. The van der Waals surface area contributed by atoms with E-state index in [9.17, 15) is 22.8 Å². The van der Waals surface area contributed by atoms with Crippen LogP contribution < -0.4 is 10.6 Å². The first kappa shape index (κ1) is 29.4. The van der Waals surface area contributed by atoms with E-state index in [0.29, 0.717) is 17.9 Å². The highest BCUT2D eigenvalue weighted by Gasteiger charge is 2.36. The molecule has 0 bridgehead atoms. The van der Waals surface area contributed by atoms with Gasteiger partial charge in [-0.1, -0.05) is 38.3 Å². The summed E-state index contributed by atoms with van der Waals surface area (Å²) in [5.41, 5.74) is -0.00810. The number of rotatable bonds is 10. The number of aryl methyl sites for hydroxylation is 1. The van der Waals surface area contributed by atoms with Crippen LogP contribution in [-0.2, 0) is 15.8 Å². The highest BCUT2D eigenvalue weighted by atomic mass is 19.4. The van der Waals surface area contributed by atoms with Gasteiger partial charge in [0.05, 0.1) is 34.7 Å². The van der Waals surface area contributed by atoms with Gasteiger partial charge in [0.15, 0.2) is 5.78 Å². The average molecular weight is 532 g/mol. The molecule has 1 aliphatic carbocycles. The summed E-state index contributed by atoms with van der Waals surface area (Å²) in [6.45, 7) is 5.16. The molecule has 2 aromatic rings. The summed E-state index contributed by atoms with van der Waals surface area (Å²) < 4.78 is 39.8. The molecular formula is C28H36F3N5O2. The van der Waals surface area contributed by atoms with Crippen LogP contribution in [0, 0.1) is 18.3 Å². The fourth-order valence-corrected chi connectivity index (χ4v) is 4.95. The van der Waals surface area contributed by atoms with E-state index in [1.807, 2.05) is 6.92 Å². The van der Waals surface area contributed by atoms with Crippen molar-refractivity contribution in [2.24, 2.45) is 5.92 Å². The molecule has 1 aromatic carbocycles. The van der Waals surface area contributed by atoms with E-state index in [2.05, 4.69) is 20.6 Å². The summed E-state index contributed by atoms with van der Waals surface area (Å²) in [5.74, 6) is -1.18. The molecule has 1 fully saturated rings. The standard InChI is InChI=1S/C28H36F3N5O2/c1-5-21(23-15-22(34-17(3)35-23)19-12-9-13-20(14-19)28(29,30)31)24(32)26(37)25(18-10-7-6-8-11-18)36-27(38)16(2)33-4/h9,12-16,18,21,25,32-33H,5-8,10-11H2,1-4H3,(H,36,38)/t16-,21-,25-/m0/s1. The summed E-state index contributed by atoms with van der Waals surface area (Å²) in [6.07, 6.45) is 0.462. The van der Waals surface area contributed by atoms with Crippen molar-refractivity contribution in [1.82, 2.24) is 20.6 Å². The Morgan fingerprint density at radius 2 is 1.82 bits per heavy atom. The molecule has 1 aromatic heterocycles. The Morgan fingerprint density at radius 1 is 1.13 bits per heavy atom. The zero-order valence-electron chi connectivity index (χ0n) is 22.3. The quantitative estimate of drug-likeness (QED) is 0.364. The molecule has 1 heterocycles. The summed E-state index contributed by atoms with van der Waals surface area (Å²) in [6, 6.07) is 5.13. The van der Waals surface area contributed by atoms with Crippen molar-refractivity contribution in [2.45, 2.75) is 83.5 Å². The van der Waals surface area contributed by atoms with E-state index in [1.54, 1.807) is 27.0 Å². The highest BCUT2D eigenvalue weighted by Crippen LogP contribution is 2.33. The van der Waals surface area contributed by atoms with Crippen molar-refractivity contribution in [3.8, 4) is 11.3 Å². The van der Waals surface area contributed by atoms with E-state index in [-0.39, 0.29) is 28.8 Å². The molecule has 3 N–H and O–H groups in total. The third-order valence-corrected chi connectivity index (χ3v) is 7.25. The van der Waals surface area contributed by atoms with Crippen LogP contribution in [0.4, 0.5) is 13.2 Å². The van der Waals surface area contributed by atoms with Crippen LogP contribution in [0.5, 0.6) is 0 Å². The van der Waals surface area contributed by atoms with Crippen LogP contribution in [0.1, 0.15) is 75.4 Å². The predicted octanol–water partition coefficient (Wildman–Crippen LogP) is 5.23. The fraction of sp³-hybridized carbons (Fsp3) is 0.536. The third-order valence-electron chi connectivity index (χ3n) is 7.25. The Morgan fingerprint density at radius 3 is 2.42 bits per heavy atom. The SMILES string of the molecule is CC[C@H](C(=N)C(=O)[C@@H](NC(=O)[C@H](C)NC)C1CCCCC1)c1cc(-c2cccc(C(F)(F)F)c2)nc(C)n1. The highest BCUT2D eigenvalue weighted by molar-refractivity contribution is 6.42. The molecule has 38 heavy (non-hydrogen) atoms. The molecule has 3 atom stereocenters. The van der Waals surface area contributed by atoms with Crippen LogP contribution in [0.2, 0.25) is 0 Å². The summed E-state index contributed by atoms with van der Waals surface area (Å²) >= 11 is 0. The van der Waals surface area contributed by atoms with Gasteiger partial charge in [-0.2, -0.15) is 13.2 Å². The maximum atomic E-state index is 13.7. The topological polar surface area (TPSA) is 108 Å². The molecule has 0 aliphatic heterocycles. The van der Waals surface area contributed by atoms with Gasteiger partial charge in [0.25, 0.3) is 0 Å². The van der Waals surface area contributed by atoms with Gasteiger partial charge < -0.3 is 16.0 Å². The zero-order chi connectivity index (χ0) is 28.0. The molecule has 0 unspecified atom stereocenters. The second-order valence-corrected chi connectivity index (χ2v) is 9.94. The van der Waals surface area contributed by atoms with E-state index < -0.39 is 35.5 Å². The van der Waals surface area contributed by atoms with E-state index in [0.717, 1.165) is 44.2 Å². The Hall–Kier alpha value is -3.14. The number of amides is 1. The molecule has 1 saturated carbocycles. The molecule has 0 radical (unpaired) electrons. The van der Waals surface area contributed by atoms with E-state index in [1.165, 1.54) is 12.1 Å². The number of Topliss-reactive ketones (excluding diaryl/α,β-unsaturated/α-hetero) is 1. The number of nitrogens with zero attached hydrogens (tertiary/aromatic N) is 2. The first-order chi connectivity index (χ1) is 18.0. The van der Waals surface area contributed by atoms with Crippen molar-refractivity contribution in [2.75, 3.05) is 7.05 Å². The normalized spacial score (nSPS) is 16.9. The molecule has 3 rings (SSSR count). The van der Waals surface area contributed by atoms with Crippen LogP contribution in [-0.4, -0.2) is 46.5 Å². The van der Waals surface area contributed by atoms with Crippen LogP contribution in [0.15, 0.2) is 30.3 Å². The van der Waals surface area contributed by atoms with Gasteiger partial charge in [-0.15, -0.1) is 0 Å². The van der Waals surface area contributed by atoms with Crippen LogP contribution in [0.25, 0.3) is 11.3 Å². The summed E-state index contributed by atoms with van der Waals surface area (Å²) in [7, 11) is 1.66. The number of likely N-dealkylation sites (N-methyl/N-ethyl adjacent to an activating group) is 1. The molecule has 7 nitrogen and oxygen atoms in total. The van der Waals surface area contributed by atoms with Crippen molar-refractivity contribution in [1.29, 1.82) is 5.41 Å². The number of ketones is 1. The van der Waals surface area contributed by atoms with Crippen molar-refractivity contribution >= 4 is 17.4 Å². The molecular weight excluding hydrogens is 495 g/mol. The number of halogens is 3. The Balaban J connectivity index is 1.94. The van der Waals surface area contributed by atoms with Crippen molar-refractivity contribution < 1.29 is 22.8 Å².